The lowest BCUT2D eigenvalue weighted by Crippen LogP contribution is -2.34. The van der Waals surface area contributed by atoms with Gasteiger partial charge in [0.15, 0.2) is 11.0 Å². The van der Waals surface area contributed by atoms with Gasteiger partial charge in [0.05, 0.1) is 5.75 Å². The zero-order chi connectivity index (χ0) is 27.1. The van der Waals surface area contributed by atoms with Crippen LogP contribution in [0.15, 0.2) is 64.8 Å². The number of aliphatic imine (C=N–C) groups is 1. The summed E-state index contributed by atoms with van der Waals surface area (Å²) in [6.45, 7) is 6.41. The summed E-state index contributed by atoms with van der Waals surface area (Å²) >= 11 is 1.54. The molecule has 1 saturated carbocycles. The van der Waals surface area contributed by atoms with Crippen LogP contribution in [0.25, 0.3) is 6.08 Å². The van der Waals surface area contributed by atoms with Crippen LogP contribution < -0.4 is 10.6 Å². The number of carbonyl (C=O) groups is 2. The summed E-state index contributed by atoms with van der Waals surface area (Å²) in [5.74, 6) is 0.652. The van der Waals surface area contributed by atoms with E-state index in [1.54, 1.807) is 6.20 Å². The van der Waals surface area contributed by atoms with Crippen LogP contribution in [0.2, 0.25) is 0 Å². The molecule has 0 unspecified atom stereocenters. The summed E-state index contributed by atoms with van der Waals surface area (Å²) in [5, 5.41) is 14.4. The molecule has 0 saturated heterocycles. The first-order valence-electron chi connectivity index (χ1n) is 13.3. The minimum absolute atomic E-state index is 0.177. The van der Waals surface area contributed by atoms with E-state index in [-0.39, 0.29) is 12.3 Å². The molecule has 1 heterocycles. The van der Waals surface area contributed by atoms with Gasteiger partial charge in [-0.1, -0.05) is 98.0 Å². The molecule has 2 aliphatic rings. The van der Waals surface area contributed by atoms with Crippen molar-refractivity contribution >= 4 is 35.3 Å². The van der Waals surface area contributed by atoms with Crippen molar-refractivity contribution in [3.8, 4) is 0 Å². The summed E-state index contributed by atoms with van der Waals surface area (Å²) in [6, 6.07) is 10.9. The molecule has 7 heteroatoms. The van der Waals surface area contributed by atoms with E-state index in [1.165, 1.54) is 67.8 Å². The topological polar surface area (TPSA) is 90.8 Å². The minimum atomic E-state index is -0.250. The van der Waals surface area contributed by atoms with Crippen molar-refractivity contribution in [2.75, 3.05) is 12.4 Å². The Morgan fingerprint density at radius 1 is 1.11 bits per heavy atom. The fourth-order valence-electron chi connectivity index (χ4n) is 3.80. The number of hydrogen-bond acceptors (Lipinski definition) is 6. The fraction of sp³-hybridized carbons (Fsp3) is 0.500. The van der Waals surface area contributed by atoms with Crippen molar-refractivity contribution in [3.63, 3.8) is 0 Å². The van der Waals surface area contributed by atoms with Gasteiger partial charge in [0, 0.05) is 17.8 Å². The monoisotopic (exact) mass is 527 g/mol. The van der Waals surface area contributed by atoms with Crippen LogP contribution in [0, 0.1) is 0 Å². The predicted octanol–water partition coefficient (Wildman–Crippen LogP) is 6.96. The SMILES string of the molecule is C/C1=C/NC/N=C(/NC2CCCCCCC2)SCC1=O.CC(C)=CCC/C=C/c1ccccc1.O=CO. The van der Waals surface area contributed by atoms with Crippen LogP contribution in [0.5, 0.6) is 0 Å². The van der Waals surface area contributed by atoms with E-state index >= 15 is 0 Å². The molecule has 1 aliphatic heterocycles. The first-order chi connectivity index (χ1) is 18.0. The Balaban J connectivity index is 0.000000352. The summed E-state index contributed by atoms with van der Waals surface area (Å²) < 4.78 is 0. The highest BCUT2D eigenvalue weighted by Gasteiger charge is 2.15. The Bertz CT molecular complexity index is 883. The molecule has 0 bridgehead atoms. The van der Waals surface area contributed by atoms with Crippen molar-refractivity contribution in [2.24, 2.45) is 4.99 Å². The van der Waals surface area contributed by atoms with Crippen LogP contribution in [-0.4, -0.2) is 41.0 Å². The molecule has 0 amide bonds. The average Bonchev–Trinajstić information content (AvgIpc) is 2.94. The quantitative estimate of drug-likeness (QED) is 0.218. The van der Waals surface area contributed by atoms with Crippen molar-refractivity contribution in [2.45, 2.75) is 84.6 Å². The van der Waals surface area contributed by atoms with Crippen LogP contribution in [-0.2, 0) is 9.59 Å². The Hall–Kier alpha value is -2.80. The summed E-state index contributed by atoms with van der Waals surface area (Å²) in [5.41, 5.74) is 3.46. The first-order valence-corrected chi connectivity index (χ1v) is 14.2. The number of thioether (sulfide) groups is 1. The molecule has 0 spiro atoms. The van der Waals surface area contributed by atoms with E-state index in [9.17, 15) is 4.79 Å². The molecule has 0 radical (unpaired) electrons. The number of benzene rings is 1. The zero-order valence-electron chi connectivity index (χ0n) is 22.7. The van der Waals surface area contributed by atoms with Gasteiger partial charge in [-0.15, -0.1) is 0 Å². The molecule has 1 aliphatic carbocycles. The summed E-state index contributed by atoms with van der Waals surface area (Å²) in [4.78, 5) is 24.7. The third-order valence-corrected chi connectivity index (χ3v) is 6.77. The highest BCUT2D eigenvalue weighted by atomic mass is 32.2. The maximum Gasteiger partial charge on any atom is 0.290 e. The van der Waals surface area contributed by atoms with Crippen molar-refractivity contribution in [1.29, 1.82) is 0 Å². The normalized spacial score (nSPS) is 19.6. The van der Waals surface area contributed by atoms with Gasteiger partial charge in [-0.05, 0) is 52.0 Å². The summed E-state index contributed by atoms with van der Waals surface area (Å²) in [7, 11) is 0. The van der Waals surface area contributed by atoms with Gasteiger partial charge in [-0.25, -0.2) is 4.99 Å². The number of carbonyl (C=O) groups excluding carboxylic acids is 1. The largest absolute Gasteiger partial charge is 0.483 e. The molecular weight excluding hydrogens is 482 g/mol. The molecule has 3 rings (SSSR count). The number of hydrogen-bond donors (Lipinski definition) is 3. The van der Waals surface area contributed by atoms with E-state index in [4.69, 9.17) is 9.90 Å². The van der Waals surface area contributed by atoms with Crippen molar-refractivity contribution in [3.05, 3.63) is 65.4 Å². The fourth-order valence-corrected chi connectivity index (χ4v) is 4.71. The standard InChI is InChI=1S/C15H25N3OS.C14H18.CH2O2/c1-12-9-16-11-17-15(20-10-14(12)19)18-13-7-5-3-2-4-6-8-13;1-13(2)9-5-3-6-10-14-11-7-4-8-12-14;2-1-3/h9,13,16H,2-8,10-11H2,1H3,(H,17,18);4,6-12H,3,5H2,1-2H3;1H,(H,2,3)/b12-9-;10-6+;. The number of Topliss-reactive ketones (excluding diaryl/α,β-unsaturated/α-hetero) is 1. The molecule has 1 aromatic rings. The molecule has 204 valence electrons. The molecule has 3 N–H and O–H groups in total. The third-order valence-electron chi connectivity index (χ3n) is 5.84. The molecule has 0 atom stereocenters. The zero-order valence-corrected chi connectivity index (χ0v) is 23.6. The lowest BCUT2D eigenvalue weighted by Gasteiger charge is -2.22. The highest BCUT2D eigenvalue weighted by molar-refractivity contribution is 8.14. The van der Waals surface area contributed by atoms with Crippen molar-refractivity contribution < 1.29 is 14.7 Å². The molecule has 1 fully saturated rings. The van der Waals surface area contributed by atoms with Gasteiger partial charge in [-0.3, -0.25) is 9.59 Å². The highest BCUT2D eigenvalue weighted by Crippen LogP contribution is 2.18. The third kappa shape index (κ3) is 17.3. The molecule has 1 aromatic carbocycles. The van der Waals surface area contributed by atoms with Crippen LogP contribution in [0.1, 0.15) is 84.1 Å². The number of allylic oxidation sites excluding steroid dienone is 4. The Kier molecular flexibility index (Phi) is 18.6. The number of ketones is 1. The second kappa shape index (κ2) is 21.3. The lowest BCUT2D eigenvalue weighted by atomic mass is 9.97. The average molecular weight is 528 g/mol. The van der Waals surface area contributed by atoms with Gasteiger partial charge < -0.3 is 15.7 Å². The van der Waals surface area contributed by atoms with Gasteiger partial charge in [0.2, 0.25) is 0 Å². The van der Waals surface area contributed by atoms with E-state index in [0.717, 1.165) is 23.6 Å². The maximum atomic E-state index is 11.8. The second-order valence-electron chi connectivity index (χ2n) is 9.33. The number of rotatable bonds is 5. The number of carboxylic acid groups (broad SMARTS) is 1. The van der Waals surface area contributed by atoms with Gasteiger partial charge in [0.1, 0.15) is 6.67 Å². The van der Waals surface area contributed by atoms with Gasteiger partial charge in [0.25, 0.3) is 6.47 Å². The van der Waals surface area contributed by atoms with Crippen LogP contribution in [0.4, 0.5) is 0 Å². The number of amidine groups is 1. The molecule has 0 aromatic heterocycles. The van der Waals surface area contributed by atoms with E-state index in [2.05, 4.69) is 72.0 Å². The first kappa shape index (κ1) is 32.2. The molecule has 37 heavy (non-hydrogen) atoms. The van der Waals surface area contributed by atoms with Crippen molar-refractivity contribution in [1.82, 2.24) is 10.6 Å². The number of nitrogens with zero attached hydrogens (tertiary/aromatic N) is 1. The number of unbranched alkanes of at least 4 members (excludes halogenated alkanes) is 1. The van der Waals surface area contributed by atoms with E-state index in [1.807, 2.05) is 13.0 Å². The second-order valence-corrected chi connectivity index (χ2v) is 10.3. The van der Waals surface area contributed by atoms with Gasteiger partial charge in [-0.2, -0.15) is 0 Å². The maximum absolute atomic E-state index is 11.8. The Morgan fingerprint density at radius 2 is 1.76 bits per heavy atom. The smallest absolute Gasteiger partial charge is 0.290 e. The van der Waals surface area contributed by atoms with Gasteiger partial charge >= 0.3 is 0 Å². The van der Waals surface area contributed by atoms with Crippen LogP contribution >= 0.6 is 11.8 Å². The Labute approximate surface area is 227 Å². The van der Waals surface area contributed by atoms with Crippen LogP contribution in [0.3, 0.4) is 0 Å². The predicted molar refractivity (Wildman–Crippen MR) is 159 cm³/mol. The molecular formula is C30H45N3O3S. The Morgan fingerprint density at radius 3 is 2.41 bits per heavy atom. The minimum Gasteiger partial charge on any atom is -0.483 e. The van der Waals surface area contributed by atoms with E-state index < -0.39 is 0 Å². The summed E-state index contributed by atoms with van der Waals surface area (Å²) in [6.07, 6.45) is 19.8. The lowest BCUT2D eigenvalue weighted by molar-refractivity contribution is -0.122. The number of nitrogens with one attached hydrogen (secondary N) is 2. The van der Waals surface area contributed by atoms with E-state index in [0.29, 0.717) is 18.5 Å². The molecule has 6 nitrogen and oxygen atoms in total.